The van der Waals surface area contributed by atoms with Gasteiger partial charge in [0.2, 0.25) is 5.82 Å². The van der Waals surface area contributed by atoms with Crippen LogP contribution >= 0.6 is 0 Å². The number of aromatic amines is 1. The van der Waals surface area contributed by atoms with Crippen LogP contribution in [0.15, 0.2) is 30.3 Å². The van der Waals surface area contributed by atoms with Gasteiger partial charge in [-0.25, -0.2) is 9.97 Å². The third-order valence-corrected chi connectivity index (χ3v) is 2.79. The van der Waals surface area contributed by atoms with Crippen molar-refractivity contribution in [2.24, 2.45) is 0 Å². The largest absolute Gasteiger partial charge is 0.323 e. The van der Waals surface area contributed by atoms with Gasteiger partial charge in [0.25, 0.3) is 0 Å². The second-order valence-corrected chi connectivity index (χ2v) is 4.35. The predicted octanol–water partition coefficient (Wildman–Crippen LogP) is 2.78. The monoisotopic (exact) mass is 263 g/mol. The Bertz CT molecular complexity index is 823. The Hall–Kier alpha value is -2.87. The topological polar surface area (TPSA) is 66.5 Å². The molecule has 5 nitrogen and oxygen atoms in total. The van der Waals surface area contributed by atoms with Gasteiger partial charge in [0.05, 0.1) is 5.52 Å². The number of benzene rings is 1. The number of nitrogens with zero attached hydrogens (tertiary/aromatic N) is 3. The van der Waals surface area contributed by atoms with Crippen LogP contribution in [0.5, 0.6) is 0 Å². The first-order valence-corrected chi connectivity index (χ1v) is 6.25. The molecule has 0 aliphatic heterocycles. The number of aromatic nitrogens is 4. The van der Waals surface area contributed by atoms with E-state index in [9.17, 15) is 0 Å². The zero-order valence-electron chi connectivity index (χ0n) is 11.2. The third kappa shape index (κ3) is 2.31. The Morgan fingerprint density at radius 1 is 1.20 bits per heavy atom. The first-order valence-electron chi connectivity index (χ1n) is 6.25. The second kappa shape index (κ2) is 5.02. The van der Waals surface area contributed by atoms with Crippen molar-refractivity contribution in [1.29, 1.82) is 0 Å². The van der Waals surface area contributed by atoms with Crippen molar-refractivity contribution in [3.8, 4) is 11.8 Å². The quantitative estimate of drug-likeness (QED) is 0.698. The average Bonchev–Trinajstić information content (AvgIpc) is 2.85. The average molecular weight is 263 g/mol. The lowest BCUT2D eigenvalue weighted by atomic mass is 10.2. The Labute approximate surface area is 116 Å². The first kappa shape index (κ1) is 12.2. The Balaban J connectivity index is 2.13. The van der Waals surface area contributed by atoms with Crippen molar-refractivity contribution in [2.45, 2.75) is 13.8 Å². The molecule has 1 aromatic carbocycles. The van der Waals surface area contributed by atoms with E-state index in [-0.39, 0.29) is 0 Å². The number of hydrogen-bond donors (Lipinski definition) is 2. The molecule has 0 unspecified atom stereocenters. The van der Waals surface area contributed by atoms with Crippen LogP contribution in [-0.2, 0) is 0 Å². The number of H-pyrrole nitrogens is 1. The van der Waals surface area contributed by atoms with E-state index in [0.717, 1.165) is 22.4 Å². The summed E-state index contributed by atoms with van der Waals surface area (Å²) in [6, 6.07) is 9.74. The third-order valence-electron chi connectivity index (χ3n) is 2.79. The van der Waals surface area contributed by atoms with Gasteiger partial charge in [0.1, 0.15) is 5.82 Å². The van der Waals surface area contributed by atoms with E-state index in [2.05, 4.69) is 37.3 Å². The lowest BCUT2D eigenvalue weighted by molar-refractivity contribution is 1.05. The van der Waals surface area contributed by atoms with Crippen molar-refractivity contribution < 1.29 is 0 Å². The highest BCUT2D eigenvalue weighted by Crippen LogP contribution is 2.22. The van der Waals surface area contributed by atoms with E-state index in [1.807, 2.05) is 37.3 Å². The van der Waals surface area contributed by atoms with Crippen molar-refractivity contribution in [2.75, 3.05) is 5.32 Å². The van der Waals surface area contributed by atoms with E-state index < -0.39 is 0 Å². The molecule has 0 atom stereocenters. The number of fused-ring (bicyclic) bond motifs is 1. The first-order chi connectivity index (χ1) is 9.76. The Morgan fingerprint density at radius 2 is 2.05 bits per heavy atom. The minimum atomic E-state index is 0.501. The van der Waals surface area contributed by atoms with Gasteiger partial charge in [-0.1, -0.05) is 18.1 Å². The maximum absolute atomic E-state index is 4.45. The standard InChI is InChI=1S/C15H13N5/c1-3-6-13-16-12-8-5-4-7-11(12)15(17-13)18-14-9-10(2)19-20-14/h4-5,7-9H,1-2H3,(H2,16,17,18,19,20). The molecule has 0 saturated carbocycles. The van der Waals surface area contributed by atoms with Crippen molar-refractivity contribution in [3.63, 3.8) is 0 Å². The van der Waals surface area contributed by atoms with E-state index in [0.29, 0.717) is 11.6 Å². The minimum absolute atomic E-state index is 0.501. The molecular formula is C15H13N5. The number of rotatable bonds is 2. The molecule has 0 aliphatic carbocycles. The molecule has 2 aromatic heterocycles. The summed E-state index contributed by atoms with van der Waals surface area (Å²) in [6.07, 6.45) is 0. The molecule has 0 spiro atoms. The van der Waals surface area contributed by atoms with E-state index in [1.54, 1.807) is 6.92 Å². The van der Waals surface area contributed by atoms with E-state index >= 15 is 0 Å². The minimum Gasteiger partial charge on any atom is -0.323 e. The number of para-hydroxylation sites is 1. The van der Waals surface area contributed by atoms with E-state index in [1.165, 1.54) is 0 Å². The summed E-state index contributed by atoms with van der Waals surface area (Å²) in [5.74, 6) is 7.64. The second-order valence-electron chi connectivity index (χ2n) is 4.35. The molecule has 0 aliphatic rings. The normalized spacial score (nSPS) is 10.1. The smallest absolute Gasteiger partial charge is 0.207 e. The summed E-state index contributed by atoms with van der Waals surface area (Å²) >= 11 is 0. The number of anilines is 2. The molecule has 0 fully saturated rings. The van der Waals surface area contributed by atoms with Gasteiger partial charge in [-0.05, 0) is 31.9 Å². The molecule has 20 heavy (non-hydrogen) atoms. The number of nitrogens with one attached hydrogen (secondary N) is 2. The zero-order chi connectivity index (χ0) is 13.9. The van der Waals surface area contributed by atoms with Crippen molar-refractivity contribution in [1.82, 2.24) is 20.2 Å². The SMILES string of the molecule is CC#Cc1nc(Nc2cc(C)[nH]n2)c2ccccc2n1. The fourth-order valence-electron chi connectivity index (χ4n) is 1.94. The highest BCUT2D eigenvalue weighted by molar-refractivity contribution is 5.90. The molecule has 0 amide bonds. The zero-order valence-corrected chi connectivity index (χ0v) is 11.2. The predicted molar refractivity (Wildman–Crippen MR) is 78.7 cm³/mol. The fourth-order valence-corrected chi connectivity index (χ4v) is 1.94. The lowest BCUT2D eigenvalue weighted by Gasteiger charge is -2.06. The summed E-state index contributed by atoms with van der Waals surface area (Å²) in [6.45, 7) is 3.72. The molecule has 0 saturated heterocycles. The van der Waals surface area contributed by atoms with Crippen molar-refractivity contribution >= 4 is 22.5 Å². The van der Waals surface area contributed by atoms with Crippen LogP contribution in [0.1, 0.15) is 18.4 Å². The van der Waals surface area contributed by atoms with Crippen molar-refractivity contribution in [3.05, 3.63) is 41.9 Å². The highest BCUT2D eigenvalue weighted by atomic mass is 15.2. The summed E-state index contributed by atoms with van der Waals surface area (Å²) in [5, 5.41) is 11.2. The van der Waals surface area contributed by atoms with Crippen LogP contribution < -0.4 is 5.32 Å². The van der Waals surface area contributed by atoms with Gasteiger partial charge in [-0.3, -0.25) is 5.10 Å². The van der Waals surface area contributed by atoms with Gasteiger partial charge in [0.15, 0.2) is 5.82 Å². The molecule has 2 N–H and O–H groups in total. The molecule has 98 valence electrons. The van der Waals surface area contributed by atoms with Crippen LogP contribution in [0.4, 0.5) is 11.6 Å². The molecule has 2 heterocycles. The maximum Gasteiger partial charge on any atom is 0.207 e. The van der Waals surface area contributed by atoms with Gasteiger partial charge in [-0.2, -0.15) is 5.10 Å². The summed E-state index contributed by atoms with van der Waals surface area (Å²) in [4.78, 5) is 8.86. The van der Waals surface area contributed by atoms with Gasteiger partial charge < -0.3 is 5.32 Å². The van der Waals surface area contributed by atoms with Crippen LogP contribution in [0.25, 0.3) is 10.9 Å². The van der Waals surface area contributed by atoms with Gasteiger partial charge in [0, 0.05) is 17.1 Å². The fraction of sp³-hybridized carbons (Fsp3) is 0.133. The van der Waals surface area contributed by atoms with Crippen LogP contribution in [0, 0.1) is 18.8 Å². The molecule has 0 bridgehead atoms. The molecule has 0 radical (unpaired) electrons. The molecular weight excluding hydrogens is 250 g/mol. The molecule has 3 rings (SSSR count). The number of hydrogen-bond acceptors (Lipinski definition) is 4. The number of aryl methyl sites for hydroxylation is 1. The summed E-state index contributed by atoms with van der Waals surface area (Å²) in [7, 11) is 0. The van der Waals surface area contributed by atoms with Crippen LogP contribution in [0.2, 0.25) is 0 Å². The molecule has 5 heteroatoms. The van der Waals surface area contributed by atoms with Crippen LogP contribution in [-0.4, -0.2) is 20.2 Å². The maximum atomic E-state index is 4.45. The van der Waals surface area contributed by atoms with Crippen LogP contribution in [0.3, 0.4) is 0 Å². The Kier molecular flexibility index (Phi) is 3.05. The van der Waals surface area contributed by atoms with Gasteiger partial charge in [-0.15, -0.1) is 0 Å². The summed E-state index contributed by atoms with van der Waals surface area (Å²) in [5.41, 5.74) is 1.84. The Morgan fingerprint density at radius 3 is 2.80 bits per heavy atom. The van der Waals surface area contributed by atoms with Gasteiger partial charge >= 0.3 is 0 Å². The lowest BCUT2D eigenvalue weighted by Crippen LogP contribution is -1.99. The molecule has 3 aromatic rings. The van der Waals surface area contributed by atoms with E-state index in [4.69, 9.17) is 0 Å². The summed E-state index contributed by atoms with van der Waals surface area (Å²) < 4.78 is 0. The highest BCUT2D eigenvalue weighted by Gasteiger charge is 2.07.